The highest BCUT2D eigenvalue weighted by Crippen LogP contribution is 2.42. The molecule has 0 aliphatic rings. The summed E-state index contributed by atoms with van der Waals surface area (Å²) in [6, 6.07) is 55.4. The van der Waals surface area contributed by atoms with Crippen molar-refractivity contribution in [2.24, 2.45) is 0 Å². The van der Waals surface area contributed by atoms with Crippen molar-refractivity contribution in [2.45, 2.75) is 36.5 Å². The highest BCUT2D eigenvalue weighted by Gasteiger charge is 2.18. The Morgan fingerprint density at radius 2 is 0.690 bits per heavy atom. The fourth-order valence-corrected chi connectivity index (χ4v) is 10.5. The molecule has 0 saturated heterocycles. The standard InChI is InChI=1S/C53H39N3S2/c1-3-26-57-38-28-46(40-22-18-36-16-14-32-8-5-10-34-20-24-42(40)52(36)50(32)34)55-48(30-38)44-12-7-13-45(54-44)49-31-39(58-27-4-2)29-47(56-49)41-23-19-37-17-15-33-9-6-11-35-21-25-43(41)53(37)51(33)35/h5-25,28-31H,3-4,26-27H2,1-2H3. The van der Waals surface area contributed by atoms with E-state index in [4.69, 9.17) is 15.0 Å². The SMILES string of the molecule is CCCSc1cc(-c2cccc(-c3cc(SCCC)cc(-c4ccc5ccc6cccc7ccc4c5c67)n3)n2)nc(-c2ccc3ccc4cccc5ccc2c3c45)c1. The van der Waals surface area contributed by atoms with Gasteiger partial charge in [0.05, 0.1) is 34.2 Å². The molecule has 0 fully saturated rings. The fourth-order valence-electron chi connectivity index (χ4n) is 8.79. The first kappa shape index (κ1) is 35.2. The highest BCUT2D eigenvalue weighted by atomic mass is 32.2. The third kappa shape index (κ3) is 5.95. The Labute approximate surface area is 346 Å². The predicted octanol–water partition coefficient (Wildman–Crippen LogP) is 15.3. The van der Waals surface area contributed by atoms with Crippen LogP contribution in [0.3, 0.4) is 0 Å². The topological polar surface area (TPSA) is 38.7 Å². The summed E-state index contributed by atoms with van der Waals surface area (Å²) in [6.07, 6.45) is 2.19. The van der Waals surface area contributed by atoms with Crippen molar-refractivity contribution in [3.8, 4) is 45.3 Å². The molecule has 0 spiro atoms. The largest absolute Gasteiger partial charge is 0.246 e. The second kappa shape index (κ2) is 14.4. The van der Waals surface area contributed by atoms with E-state index in [1.54, 1.807) is 0 Å². The van der Waals surface area contributed by atoms with Gasteiger partial charge in [-0.3, -0.25) is 0 Å². The van der Waals surface area contributed by atoms with Gasteiger partial charge in [0.2, 0.25) is 0 Å². The van der Waals surface area contributed by atoms with Gasteiger partial charge in [-0.1, -0.05) is 129 Å². The van der Waals surface area contributed by atoms with E-state index in [1.807, 2.05) is 23.5 Å². The molecule has 0 aliphatic heterocycles. The first-order chi connectivity index (χ1) is 28.6. The average Bonchev–Trinajstić information content (AvgIpc) is 3.28. The Hall–Kier alpha value is -6.01. The minimum atomic E-state index is 0.841. The minimum Gasteiger partial charge on any atom is -0.246 e. The molecule has 0 N–H and O–H groups in total. The molecule has 3 nitrogen and oxygen atoms in total. The Kier molecular flexibility index (Phi) is 8.75. The molecule has 0 atom stereocenters. The van der Waals surface area contributed by atoms with E-state index in [1.165, 1.54) is 74.4 Å². The van der Waals surface area contributed by atoms with Gasteiger partial charge in [0.25, 0.3) is 0 Å². The van der Waals surface area contributed by atoms with Gasteiger partial charge in [-0.05, 0) is 125 Å². The van der Waals surface area contributed by atoms with Crippen molar-refractivity contribution < 1.29 is 0 Å². The lowest BCUT2D eigenvalue weighted by atomic mass is 9.91. The van der Waals surface area contributed by atoms with Crippen LogP contribution in [0.4, 0.5) is 0 Å². The average molecular weight is 782 g/mol. The molecule has 3 heterocycles. The maximum atomic E-state index is 5.40. The molecule has 0 unspecified atom stereocenters. The number of pyridine rings is 3. The minimum absolute atomic E-state index is 0.841. The quantitative estimate of drug-likeness (QED) is 0.102. The van der Waals surface area contributed by atoms with Crippen molar-refractivity contribution in [3.05, 3.63) is 152 Å². The molecule has 11 rings (SSSR count). The van der Waals surface area contributed by atoms with Crippen molar-refractivity contribution in [3.63, 3.8) is 0 Å². The van der Waals surface area contributed by atoms with Crippen LogP contribution in [-0.2, 0) is 0 Å². The van der Waals surface area contributed by atoms with Crippen LogP contribution in [0.1, 0.15) is 26.7 Å². The maximum absolute atomic E-state index is 5.40. The normalized spacial score (nSPS) is 12.0. The summed E-state index contributed by atoms with van der Waals surface area (Å²) in [7, 11) is 0. The smallest absolute Gasteiger partial charge is 0.0905 e. The van der Waals surface area contributed by atoms with Gasteiger partial charge in [-0.2, -0.15) is 0 Å². The Morgan fingerprint density at radius 1 is 0.345 bits per heavy atom. The lowest BCUT2D eigenvalue weighted by Gasteiger charge is -2.16. The second-order valence-corrected chi connectivity index (χ2v) is 17.5. The number of hydrogen-bond donors (Lipinski definition) is 0. The zero-order valence-electron chi connectivity index (χ0n) is 32.4. The monoisotopic (exact) mass is 781 g/mol. The third-order valence-corrected chi connectivity index (χ3v) is 13.8. The van der Waals surface area contributed by atoms with Gasteiger partial charge >= 0.3 is 0 Å². The van der Waals surface area contributed by atoms with Gasteiger partial charge < -0.3 is 0 Å². The summed E-state index contributed by atoms with van der Waals surface area (Å²) in [6.45, 7) is 4.47. The van der Waals surface area contributed by atoms with Crippen LogP contribution in [0.2, 0.25) is 0 Å². The van der Waals surface area contributed by atoms with E-state index in [0.717, 1.165) is 69.6 Å². The zero-order valence-corrected chi connectivity index (χ0v) is 34.1. The molecular weight excluding hydrogens is 743 g/mol. The first-order valence-electron chi connectivity index (χ1n) is 20.2. The number of nitrogens with zero attached hydrogens (tertiary/aromatic N) is 3. The van der Waals surface area contributed by atoms with Crippen LogP contribution < -0.4 is 0 Å². The van der Waals surface area contributed by atoms with Crippen LogP contribution in [-0.4, -0.2) is 26.5 Å². The Bertz CT molecular complexity index is 3080. The number of hydrogen-bond acceptors (Lipinski definition) is 5. The van der Waals surface area contributed by atoms with Crippen molar-refractivity contribution >= 4 is 88.2 Å². The van der Waals surface area contributed by atoms with Crippen LogP contribution in [0.25, 0.3) is 110 Å². The molecule has 3 aromatic heterocycles. The summed E-state index contributed by atoms with van der Waals surface area (Å²) in [5.41, 5.74) is 7.63. The summed E-state index contributed by atoms with van der Waals surface area (Å²) >= 11 is 3.76. The molecular formula is C53H39N3S2. The molecule has 0 amide bonds. The molecule has 11 aromatic rings. The predicted molar refractivity (Wildman–Crippen MR) is 251 cm³/mol. The summed E-state index contributed by atoms with van der Waals surface area (Å²) < 4.78 is 0. The Balaban J connectivity index is 1.05. The lowest BCUT2D eigenvalue weighted by molar-refractivity contribution is 1.10. The number of benzene rings is 8. The number of aromatic nitrogens is 3. The van der Waals surface area contributed by atoms with E-state index >= 15 is 0 Å². The molecule has 0 saturated carbocycles. The number of thioether (sulfide) groups is 2. The van der Waals surface area contributed by atoms with Crippen LogP contribution in [0.15, 0.2) is 161 Å². The molecule has 278 valence electrons. The van der Waals surface area contributed by atoms with Crippen molar-refractivity contribution in [1.29, 1.82) is 0 Å². The van der Waals surface area contributed by atoms with Gasteiger partial charge in [0, 0.05) is 20.9 Å². The molecule has 0 bridgehead atoms. The van der Waals surface area contributed by atoms with E-state index in [0.29, 0.717) is 0 Å². The summed E-state index contributed by atoms with van der Waals surface area (Å²) in [5.74, 6) is 2.07. The summed E-state index contributed by atoms with van der Waals surface area (Å²) in [4.78, 5) is 18.5. The molecule has 5 heteroatoms. The maximum Gasteiger partial charge on any atom is 0.0905 e. The third-order valence-electron chi connectivity index (χ3n) is 11.4. The van der Waals surface area contributed by atoms with Crippen molar-refractivity contribution in [2.75, 3.05) is 11.5 Å². The fraction of sp³-hybridized carbons (Fsp3) is 0.113. The van der Waals surface area contributed by atoms with E-state index in [9.17, 15) is 0 Å². The van der Waals surface area contributed by atoms with E-state index in [2.05, 4.69) is 166 Å². The van der Waals surface area contributed by atoms with Crippen LogP contribution in [0, 0.1) is 0 Å². The number of rotatable bonds is 10. The van der Waals surface area contributed by atoms with E-state index < -0.39 is 0 Å². The van der Waals surface area contributed by atoms with Gasteiger partial charge in [0.15, 0.2) is 0 Å². The molecule has 0 aliphatic carbocycles. The van der Waals surface area contributed by atoms with Crippen LogP contribution >= 0.6 is 23.5 Å². The zero-order chi connectivity index (χ0) is 38.7. The lowest BCUT2D eigenvalue weighted by Crippen LogP contribution is -1.97. The van der Waals surface area contributed by atoms with Gasteiger partial charge in [0.1, 0.15) is 0 Å². The second-order valence-electron chi connectivity index (χ2n) is 15.2. The highest BCUT2D eigenvalue weighted by molar-refractivity contribution is 7.99. The van der Waals surface area contributed by atoms with Crippen LogP contribution in [0.5, 0.6) is 0 Å². The van der Waals surface area contributed by atoms with Gasteiger partial charge in [-0.25, -0.2) is 15.0 Å². The molecule has 0 radical (unpaired) electrons. The Morgan fingerprint density at radius 3 is 1.12 bits per heavy atom. The summed E-state index contributed by atoms with van der Waals surface area (Å²) in [5, 5.41) is 15.3. The van der Waals surface area contributed by atoms with Gasteiger partial charge in [-0.15, -0.1) is 23.5 Å². The van der Waals surface area contributed by atoms with Crippen molar-refractivity contribution in [1.82, 2.24) is 15.0 Å². The molecule has 58 heavy (non-hydrogen) atoms. The van der Waals surface area contributed by atoms with E-state index in [-0.39, 0.29) is 0 Å². The first-order valence-corrected chi connectivity index (χ1v) is 22.2. The molecule has 8 aromatic carbocycles.